The lowest BCUT2D eigenvalue weighted by atomic mass is 9.82. The number of rotatable bonds is 3. The first-order chi connectivity index (χ1) is 8.83. The number of aromatic nitrogens is 1. The Morgan fingerprint density at radius 3 is 2.42 bits per heavy atom. The molecule has 0 aliphatic carbocycles. The molecule has 0 saturated carbocycles. The molecule has 0 unspecified atom stereocenters. The Bertz CT molecular complexity index is 623. The lowest BCUT2D eigenvalue weighted by Gasteiger charge is -2.23. The van der Waals surface area contributed by atoms with Crippen molar-refractivity contribution >= 4 is 10.9 Å². The Morgan fingerprint density at radius 1 is 1.26 bits per heavy atom. The van der Waals surface area contributed by atoms with Crippen LogP contribution in [0.4, 0.5) is 0 Å². The second-order valence-corrected chi connectivity index (χ2v) is 5.97. The quantitative estimate of drug-likeness (QED) is 0.921. The molecule has 104 valence electrons. The topological polar surface area (TPSA) is 40.2 Å². The van der Waals surface area contributed by atoms with E-state index in [0.717, 1.165) is 11.3 Å². The standard InChI is InChI=1S/C16H24N2O/c1-10-7-12-14(16(3,4)9-17)11(2)18(5)15(12)13(8-10)19-6/h7-8H,9,17H2,1-6H3. The van der Waals surface area contributed by atoms with E-state index < -0.39 is 0 Å². The van der Waals surface area contributed by atoms with E-state index in [9.17, 15) is 0 Å². The number of nitrogens with zero attached hydrogens (tertiary/aromatic N) is 1. The summed E-state index contributed by atoms with van der Waals surface area (Å²) in [6.07, 6.45) is 0. The molecule has 0 bridgehead atoms. The highest BCUT2D eigenvalue weighted by atomic mass is 16.5. The monoisotopic (exact) mass is 260 g/mol. The summed E-state index contributed by atoms with van der Waals surface area (Å²) in [5, 5.41) is 1.26. The van der Waals surface area contributed by atoms with Gasteiger partial charge < -0.3 is 15.0 Å². The van der Waals surface area contributed by atoms with E-state index in [1.54, 1.807) is 7.11 Å². The number of hydrogen-bond donors (Lipinski definition) is 1. The number of hydrogen-bond acceptors (Lipinski definition) is 2. The van der Waals surface area contributed by atoms with Crippen LogP contribution in [0.25, 0.3) is 10.9 Å². The van der Waals surface area contributed by atoms with E-state index in [0.29, 0.717) is 6.54 Å². The van der Waals surface area contributed by atoms with Gasteiger partial charge in [-0.25, -0.2) is 0 Å². The van der Waals surface area contributed by atoms with Crippen molar-refractivity contribution in [3.05, 3.63) is 29.0 Å². The van der Waals surface area contributed by atoms with Crippen molar-refractivity contribution in [3.8, 4) is 5.75 Å². The first-order valence-electron chi connectivity index (χ1n) is 6.67. The lowest BCUT2D eigenvalue weighted by molar-refractivity contribution is 0.417. The molecule has 3 nitrogen and oxygen atoms in total. The summed E-state index contributed by atoms with van der Waals surface area (Å²) in [6, 6.07) is 4.32. The average Bonchev–Trinajstić information content (AvgIpc) is 2.61. The molecule has 2 N–H and O–H groups in total. The second kappa shape index (κ2) is 4.57. The van der Waals surface area contributed by atoms with Gasteiger partial charge in [-0.3, -0.25) is 0 Å². The Labute approximate surface area is 115 Å². The van der Waals surface area contributed by atoms with Crippen molar-refractivity contribution in [3.63, 3.8) is 0 Å². The molecule has 0 spiro atoms. The van der Waals surface area contributed by atoms with E-state index in [-0.39, 0.29) is 5.41 Å². The molecule has 19 heavy (non-hydrogen) atoms. The highest BCUT2D eigenvalue weighted by Crippen LogP contribution is 2.39. The van der Waals surface area contributed by atoms with Crippen LogP contribution in [0.2, 0.25) is 0 Å². The Morgan fingerprint density at radius 2 is 1.89 bits per heavy atom. The third kappa shape index (κ3) is 2.02. The number of aryl methyl sites for hydroxylation is 2. The fourth-order valence-corrected chi connectivity index (χ4v) is 2.92. The van der Waals surface area contributed by atoms with Crippen LogP contribution in [0.1, 0.15) is 30.7 Å². The molecule has 0 aliphatic heterocycles. The van der Waals surface area contributed by atoms with E-state index in [1.807, 2.05) is 0 Å². The minimum absolute atomic E-state index is 0.0393. The van der Waals surface area contributed by atoms with Gasteiger partial charge in [0.2, 0.25) is 0 Å². The molecular formula is C16H24N2O. The van der Waals surface area contributed by atoms with Crippen LogP contribution in [0, 0.1) is 13.8 Å². The molecule has 0 aliphatic rings. The van der Waals surface area contributed by atoms with Crippen molar-refractivity contribution in [2.45, 2.75) is 33.1 Å². The predicted octanol–water partition coefficient (Wildman–Crippen LogP) is 3.04. The average molecular weight is 260 g/mol. The Kier molecular flexibility index (Phi) is 3.35. The largest absolute Gasteiger partial charge is 0.495 e. The van der Waals surface area contributed by atoms with Crippen LogP contribution in [-0.2, 0) is 12.5 Å². The maximum Gasteiger partial charge on any atom is 0.143 e. The fraction of sp³-hybridized carbons (Fsp3) is 0.500. The summed E-state index contributed by atoms with van der Waals surface area (Å²) in [6.45, 7) is 9.28. The van der Waals surface area contributed by atoms with Crippen molar-refractivity contribution < 1.29 is 4.74 Å². The molecule has 0 atom stereocenters. The van der Waals surface area contributed by atoms with E-state index >= 15 is 0 Å². The lowest BCUT2D eigenvalue weighted by Crippen LogP contribution is -2.28. The number of fused-ring (bicyclic) bond motifs is 1. The summed E-state index contributed by atoms with van der Waals surface area (Å²) >= 11 is 0. The second-order valence-electron chi connectivity index (χ2n) is 5.97. The summed E-state index contributed by atoms with van der Waals surface area (Å²) in [5.74, 6) is 0.930. The van der Waals surface area contributed by atoms with Gasteiger partial charge in [0.05, 0.1) is 12.6 Å². The number of methoxy groups -OCH3 is 1. The maximum atomic E-state index is 5.98. The molecule has 3 heteroatoms. The fourth-order valence-electron chi connectivity index (χ4n) is 2.92. The molecule has 0 radical (unpaired) electrons. The molecular weight excluding hydrogens is 236 g/mol. The van der Waals surface area contributed by atoms with Crippen LogP contribution in [0.15, 0.2) is 12.1 Å². The van der Waals surface area contributed by atoms with Crippen LogP contribution < -0.4 is 10.5 Å². The molecule has 1 heterocycles. The minimum Gasteiger partial charge on any atom is -0.495 e. The van der Waals surface area contributed by atoms with Gasteiger partial charge in [-0.1, -0.05) is 13.8 Å². The zero-order chi connectivity index (χ0) is 14.4. The van der Waals surface area contributed by atoms with E-state index in [1.165, 1.54) is 22.2 Å². The highest BCUT2D eigenvalue weighted by Gasteiger charge is 2.27. The zero-order valence-corrected chi connectivity index (χ0v) is 12.8. The first kappa shape index (κ1) is 13.9. The summed E-state index contributed by atoms with van der Waals surface area (Å²) in [4.78, 5) is 0. The van der Waals surface area contributed by atoms with E-state index in [4.69, 9.17) is 10.5 Å². The van der Waals surface area contributed by atoms with Gasteiger partial charge in [0.15, 0.2) is 0 Å². The molecule has 1 aromatic carbocycles. The number of ether oxygens (including phenoxy) is 1. The predicted molar refractivity (Wildman–Crippen MR) is 81.0 cm³/mol. The van der Waals surface area contributed by atoms with Crippen LogP contribution in [0.5, 0.6) is 5.75 Å². The molecule has 1 aromatic heterocycles. The van der Waals surface area contributed by atoms with Crippen molar-refractivity contribution in [1.82, 2.24) is 4.57 Å². The van der Waals surface area contributed by atoms with Crippen LogP contribution in [0.3, 0.4) is 0 Å². The maximum absolute atomic E-state index is 5.98. The number of benzene rings is 1. The third-order valence-electron chi connectivity index (χ3n) is 4.10. The van der Waals surface area contributed by atoms with Gasteiger partial charge in [-0.2, -0.15) is 0 Å². The normalized spacial score (nSPS) is 12.2. The zero-order valence-electron chi connectivity index (χ0n) is 12.8. The summed E-state index contributed by atoms with van der Waals surface area (Å²) < 4.78 is 7.76. The minimum atomic E-state index is -0.0393. The van der Waals surface area contributed by atoms with Gasteiger partial charge in [0, 0.05) is 30.1 Å². The van der Waals surface area contributed by atoms with Crippen molar-refractivity contribution in [2.75, 3.05) is 13.7 Å². The SMILES string of the molecule is COc1cc(C)cc2c(C(C)(C)CN)c(C)n(C)c12. The van der Waals surface area contributed by atoms with Gasteiger partial charge >= 0.3 is 0 Å². The molecule has 2 rings (SSSR count). The third-order valence-corrected chi connectivity index (χ3v) is 4.10. The van der Waals surface area contributed by atoms with Crippen LogP contribution >= 0.6 is 0 Å². The molecule has 0 amide bonds. The van der Waals surface area contributed by atoms with Gasteiger partial charge in [0.25, 0.3) is 0 Å². The highest BCUT2D eigenvalue weighted by molar-refractivity contribution is 5.92. The van der Waals surface area contributed by atoms with Gasteiger partial charge in [0.1, 0.15) is 5.75 Å². The molecule has 0 fully saturated rings. The Hall–Kier alpha value is -1.48. The molecule has 0 saturated heterocycles. The Balaban J connectivity index is 2.94. The summed E-state index contributed by atoms with van der Waals surface area (Å²) in [7, 11) is 3.82. The van der Waals surface area contributed by atoms with Gasteiger partial charge in [-0.05, 0) is 37.1 Å². The smallest absolute Gasteiger partial charge is 0.143 e. The summed E-state index contributed by atoms with van der Waals surface area (Å²) in [5.41, 5.74) is 10.9. The molecule has 2 aromatic rings. The van der Waals surface area contributed by atoms with Crippen molar-refractivity contribution in [2.24, 2.45) is 12.8 Å². The van der Waals surface area contributed by atoms with Crippen LogP contribution in [-0.4, -0.2) is 18.2 Å². The van der Waals surface area contributed by atoms with E-state index in [2.05, 4.69) is 51.4 Å². The number of nitrogens with two attached hydrogens (primary N) is 1. The van der Waals surface area contributed by atoms with Gasteiger partial charge in [-0.15, -0.1) is 0 Å². The van der Waals surface area contributed by atoms with Crippen molar-refractivity contribution in [1.29, 1.82) is 0 Å². The first-order valence-corrected chi connectivity index (χ1v) is 6.67.